The molecule has 0 radical (unpaired) electrons. The van der Waals surface area contributed by atoms with Gasteiger partial charge in [-0.1, -0.05) is 30.3 Å². The molecule has 116 valence electrons. The third-order valence-corrected chi connectivity index (χ3v) is 4.36. The predicted octanol–water partition coefficient (Wildman–Crippen LogP) is 2.43. The fourth-order valence-corrected chi connectivity index (χ4v) is 3.02. The molecule has 0 aliphatic heterocycles. The first-order valence-corrected chi connectivity index (χ1v) is 7.78. The van der Waals surface area contributed by atoms with Crippen molar-refractivity contribution >= 4 is 23.2 Å². The topological polar surface area (TPSA) is 79.3 Å². The van der Waals surface area contributed by atoms with Crippen molar-refractivity contribution in [3.05, 3.63) is 51.5 Å². The molecule has 1 heterocycles. The second-order valence-corrected chi connectivity index (χ2v) is 6.29. The van der Waals surface area contributed by atoms with Crippen molar-refractivity contribution in [1.29, 1.82) is 0 Å². The Balaban J connectivity index is 1.99. The van der Waals surface area contributed by atoms with Crippen LogP contribution in [0.1, 0.15) is 25.9 Å². The average molecular weight is 318 g/mol. The van der Waals surface area contributed by atoms with Crippen LogP contribution in [0.5, 0.6) is 0 Å². The number of aliphatic carboxylic acids is 1. The van der Waals surface area contributed by atoms with Crippen molar-refractivity contribution in [3.63, 3.8) is 0 Å². The SMILES string of the molecule is Cc1nc(C)c(C(=O)NCC(Cc2ccccc2)C(=O)O)s1. The number of aryl methyl sites for hydroxylation is 2. The number of benzene rings is 1. The van der Waals surface area contributed by atoms with E-state index >= 15 is 0 Å². The summed E-state index contributed by atoms with van der Waals surface area (Å²) in [5.74, 6) is -1.83. The highest BCUT2D eigenvalue weighted by molar-refractivity contribution is 7.13. The Hall–Kier alpha value is -2.21. The average Bonchev–Trinajstić information content (AvgIpc) is 2.82. The highest BCUT2D eigenvalue weighted by Crippen LogP contribution is 2.17. The molecule has 1 amide bonds. The lowest BCUT2D eigenvalue weighted by molar-refractivity contribution is -0.141. The van der Waals surface area contributed by atoms with Gasteiger partial charge in [-0.15, -0.1) is 11.3 Å². The summed E-state index contributed by atoms with van der Waals surface area (Å²) in [7, 11) is 0. The summed E-state index contributed by atoms with van der Waals surface area (Å²) in [6.07, 6.45) is 0.386. The number of nitrogens with zero attached hydrogens (tertiary/aromatic N) is 1. The molecule has 1 atom stereocenters. The van der Waals surface area contributed by atoms with E-state index in [1.165, 1.54) is 11.3 Å². The van der Waals surface area contributed by atoms with Crippen LogP contribution in [0.3, 0.4) is 0 Å². The van der Waals surface area contributed by atoms with Crippen LogP contribution in [-0.2, 0) is 11.2 Å². The van der Waals surface area contributed by atoms with Gasteiger partial charge in [0, 0.05) is 6.54 Å². The Bertz CT molecular complexity index is 667. The zero-order chi connectivity index (χ0) is 16.1. The van der Waals surface area contributed by atoms with Crippen LogP contribution in [0.15, 0.2) is 30.3 Å². The third-order valence-electron chi connectivity index (χ3n) is 3.29. The molecule has 0 spiro atoms. The number of amides is 1. The summed E-state index contributed by atoms with van der Waals surface area (Å²) in [4.78, 5) is 28.2. The van der Waals surface area contributed by atoms with Crippen LogP contribution < -0.4 is 5.32 Å². The fourth-order valence-electron chi connectivity index (χ4n) is 2.18. The highest BCUT2D eigenvalue weighted by atomic mass is 32.1. The van der Waals surface area contributed by atoms with Gasteiger partial charge in [-0.25, -0.2) is 4.98 Å². The molecule has 0 aliphatic carbocycles. The zero-order valence-corrected chi connectivity index (χ0v) is 13.3. The summed E-state index contributed by atoms with van der Waals surface area (Å²) in [5, 5.41) is 12.8. The number of aromatic nitrogens is 1. The number of nitrogens with one attached hydrogen (secondary N) is 1. The van der Waals surface area contributed by atoms with Crippen LogP contribution in [0.4, 0.5) is 0 Å². The molecular formula is C16H18N2O3S. The third kappa shape index (κ3) is 4.14. The number of rotatable bonds is 6. The van der Waals surface area contributed by atoms with Gasteiger partial charge in [0.15, 0.2) is 0 Å². The van der Waals surface area contributed by atoms with E-state index in [2.05, 4.69) is 10.3 Å². The van der Waals surface area contributed by atoms with Crippen molar-refractivity contribution in [1.82, 2.24) is 10.3 Å². The predicted molar refractivity (Wildman–Crippen MR) is 85.2 cm³/mol. The minimum absolute atomic E-state index is 0.0967. The highest BCUT2D eigenvalue weighted by Gasteiger charge is 2.21. The van der Waals surface area contributed by atoms with Crippen LogP contribution in [0.2, 0.25) is 0 Å². The van der Waals surface area contributed by atoms with Crippen LogP contribution in [0, 0.1) is 19.8 Å². The van der Waals surface area contributed by atoms with E-state index in [4.69, 9.17) is 0 Å². The minimum atomic E-state index is -0.915. The quantitative estimate of drug-likeness (QED) is 0.857. The van der Waals surface area contributed by atoms with E-state index in [9.17, 15) is 14.7 Å². The van der Waals surface area contributed by atoms with Crippen LogP contribution in [-0.4, -0.2) is 28.5 Å². The van der Waals surface area contributed by atoms with E-state index in [1.807, 2.05) is 37.3 Å². The van der Waals surface area contributed by atoms with E-state index in [1.54, 1.807) is 6.92 Å². The number of carbonyl (C=O) groups is 2. The van der Waals surface area contributed by atoms with Gasteiger partial charge < -0.3 is 10.4 Å². The van der Waals surface area contributed by atoms with Crippen LogP contribution in [0.25, 0.3) is 0 Å². The van der Waals surface area contributed by atoms with E-state index in [0.29, 0.717) is 17.0 Å². The zero-order valence-electron chi connectivity index (χ0n) is 12.5. The Kier molecular flexibility index (Phi) is 5.27. The Morgan fingerprint density at radius 2 is 1.95 bits per heavy atom. The van der Waals surface area contributed by atoms with E-state index < -0.39 is 11.9 Å². The van der Waals surface area contributed by atoms with Gasteiger partial charge in [0.05, 0.1) is 16.6 Å². The number of carbonyl (C=O) groups excluding carboxylic acids is 1. The van der Waals surface area contributed by atoms with Gasteiger partial charge >= 0.3 is 5.97 Å². The second kappa shape index (κ2) is 7.17. The van der Waals surface area contributed by atoms with Crippen molar-refractivity contribution in [2.45, 2.75) is 20.3 Å². The number of carboxylic acids is 1. The standard InChI is InChI=1S/C16H18N2O3S/c1-10-14(22-11(2)18-10)15(19)17-9-13(16(20)21)8-12-6-4-3-5-7-12/h3-7,13H,8-9H2,1-2H3,(H,17,19)(H,20,21). The Morgan fingerprint density at radius 3 is 2.50 bits per heavy atom. The normalized spacial score (nSPS) is 11.9. The van der Waals surface area contributed by atoms with Gasteiger partial charge in [0.25, 0.3) is 5.91 Å². The molecule has 2 aromatic rings. The molecule has 5 nitrogen and oxygen atoms in total. The Morgan fingerprint density at radius 1 is 1.27 bits per heavy atom. The summed E-state index contributed by atoms with van der Waals surface area (Å²) in [6, 6.07) is 9.39. The van der Waals surface area contributed by atoms with Crippen LogP contribution >= 0.6 is 11.3 Å². The first kappa shape index (κ1) is 16.2. The molecule has 0 bridgehead atoms. The first-order chi connectivity index (χ1) is 10.5. The van der Waals surface area contributed by atoms with Crippen molar-refractivity contribution in [2.24, 2.45) is 5.92 Å². The molecule has 0 saturated carbocycles. The molecule has 1 unspecified atom stereocenters. The Labute approximate surface area is 133 Å². The number of carboxylic acid groups (broad SMARTS) is 1. The fraction of sp³-hybridized carbons (Fsp3) is 0.312. The molecule has 2 rings (SSSR count). The monoisotopic (exact) mass is 318 g/mol. The smallest absolute Gasteiger partial charge is 0.308 e. The maximum absolute atomic E-state index is 12.1. The minimum Gasteiger partial charge on any atom is -0.481 e. The molecule has 1 aromatic heterocycles. The lowest BCUT2D eigenvalue weighted by atomic mass is 9.99. The van der Waals surface area contributed by atoms with Gasteiger partial charge in [-0.05, 0) is 25.8 Å². The van der Waals surface area contributed by atoms with E-state index in [-0.39, 0.29) is 12.5 Å². The molecule has 2 N–H and O–H groups in total. The summed E-state index contributed by atoms with van der Waals surface area (Å²) in [6.45, 7) is 3.71. The second-order valence-electron chi connectivity index (χ2n) is 5.08. The molecule has 1 aromatic carbocycles. The van der Waals surface area contributed by atoms with Gasteiger partial charge in [-0.2, -0.15) is 0 Å². The summed E-state index contributed by atoms with van der Waals surface area (Å²) < 4.78 is 0. The van der Waals surface area contributed by atoms with Gasteiger partial charge in [-0.3, -0.25) is 9.59 Å². The maximum atomic E-state index is 12.1. The largest absolute Gasteiger partial charge is 0.481 e. The lowest BCUT2D eigenvalue weighted by Gasteiger charge is -2.13. The lowest BCUT2D eigenvalue weighted by Crippen LogP contribution is -2.34. The van der Waals surface area contributed by atoms with Gasteiger partial charge in [0.1, 0.15) is 4.88 Å². The molecule has 22 heavy (non-hydrogen) atoms. The summed E-state index contributed by atoms with van der Waals surface area (Å²) in [5.41, 5.74) is 1.61. The van der Waals surface area contributed by atoms with Crippen molar-refractivity contribution in [3.8, 4) is 0 Å². The van der Waals surface area contributed by atoms with E-state index in [0.717, 1.165) is 10.6 Å². The van der Waals surface area contributed by atoms with Crippen molar-refractivity contribution in [2.75, 3.05) is 6.54 Å². The molecule has 6 heteroatoms. The number of hydrogen-bond acceptors (Lipinski definition) is 4. The first-order valence-electron chi connectivity index (χ1n) is 6.96. The summed E-state index contributed by atoms with van der Waals surface area (Å²) >= 11 is 1.32. The maximum Gasteiger partial charge on any atom is 0.308 e. The number of hydrogen-bond donors (Lipinski definition) is 2. The molecule has 0 aliphatic rings. The van der Waals surface area contributed by atoms with Gasteiger partial charge in [0.2, 0.25) is 0 Å². The molecule has 0 fully saturated rings. The number of thiazole rings is 1. The molecular weight excluding hydrogens is 300 g/mol. The van der Waals surface area contributed by atoms with Crippen molar-refractivity contribution < 1.29 is 14.7 Å². The molecule has 0 saturated heterocycles.